The number of para-hydroxylation sites is 1. The van der Waals surface area contributed by atoms with Crippen LogP contribution in [-0.4, -0.2) is 19.8 Å². The first-order valence-electron chi connectivity index (χ1n) is 5.74. The van der Waals surface area contributed by atoms with Crippen molar-refractivity contribution >= 4 is 0 Å². The Balaban J connectivity index is 2.99. The molecule has 0 aliphatic carbocycles. The van der Waals surface area contributed by atoms with Crippen LogP contribution >= 0.6 is 0 Å². The van der Waals surface area contributed by atoms with E-state index in [2.05, 4.69) is 6.92 Å². The lowest BCUT2D eigenvalue weighted by Gasteiger charge is -2.24. The van der Waals surface area contributed by atoms with Crippen LogP contribution in [0.15, 0.2) is 24.3 Å². The van der Waals surface area contributed by atoms with Crippen LogP contribution < -0.4 is 10.5 Å². The summed E-state index contributed by atoms with van der Waals surface area (Å²) in [6, 6.07) is 7.87. The third-order valence-corrected chi connectivity index (χ3v) is 2.65. The predicted molar refractivity (Wildman–Crippen MR) is 65.6 cm³/mol. The molecule has 0 fully saturated rings. The lowest BCUT2D eigenvalue weighted by molar-refractivity contribution is 0.0407. The fraction of sp³-hybridized carbons (Fsp3) is 0.538. The standard InChI is InChI=1S/C13H21NO2/c1-4-11(14)13(16-5-2)10-8-6-7-9-12(10)15-3/h6-9,11,13H,4-5,14H2,1-3H3. The summed E-state index contributed by atoms with van der Waals surface area (Å²) in [5.41, 5.74) is 7.11. The van der Waals surface area contributed by atoms with Gasteiger partial charge in [0.2, 0.25) is 0 Å². The second kappa shape index (κ2) is 6.51. The minimum absolute atomic E-state index is 0.00347. The summed E-state index contributed by atoms with van der Waals surface area (Å²) in [5.74, 6) is 0.838. The maximum absolute atomic E-state index is 6.08. The summed E-state index contributed by atoms with van der Waals surface area (Å²) in [6.07, 6.45) is 0.786. The van der Waals surface area contributed by atoms with Gasteiger partial charge in [-0.15, -0.1) is 0 Å². The van der Waals surface area contributed by atoms with Gasteiger partial charge < -0.3 is 15.2 Å². The number of methoxy groups -OCH3 is 1. The van der Waals surface area contributed by atoms with Crippen LogP contribution in [0.1, 0.15) is 31.9 Å². The van der Waals surface area contributed by atoms with Crippen LogP contribution in [0.4, 0.5) is 0 Å². The molecule has 3 heteroatoms. The smallest absolute Gasteiger partial charge is 0.124 e. The van der Waals surface area contributed by atoms with E-state index in [0.717, 1.165) is 17.7 Å². The molecule has 0 aromatic heterocycles. The maximum atomic E-state index is 6.08. The van der Waals surface area contributed by atoms with E-state index >= 15 is 0 Å². The van der Waals surface area contributed by atoms with Crippen molar-refractivity contribution in [1.29, 1.82) is 0 Å². The average Bonchev–Trinajstić information content (AvgIpc) is 2.35. The van der Waals surface area contributed by atoms with Gasteiger partial charge in [-0.1, -0.05) is 25.1 Å². The normalized spacial score (nSPS) is 14.5. The zero-order valence-electron chi connectivity index (χ0n) is 10.3. The lowest BCUT2D eigenvalue weighted by Crippen LogP contribution is -2.29. The van der Waals surface area contributed by atoms with E-state index in [1.807, 2.05) is 31.2 Å². The summed E-state index contributed by atoms with van der Waals surface area (Å²) in [5, 5.41) is 0. The molecule has 1 aromatic rings. The van der Waals surface area contributed by atoms with Crippen molar-refractivity contribution in [3.63, 3.8) is 0 Å². The monoisotopic (exact) mass is 223 g/mol. The largest absolute Gasteiger partial charge is 0.496 e. The van der Waals surface area contributed by atoms with Crippen LogP contribution in [0.25, 0.3) is 0 Å². The first-order chi connectivity index (χ1) is 7.74. The Bertz CT molecular complexity index is 315. The summed E-state index contributed by atoms with van der Waals surface area (Å²) in [4.78, 5) is 0. The van der Waals surface area contributed by atoms with E-state index < -0.39 is 0 Å². The first kappa shape index (κ1) is 13.0. The van der Waals surface area contributed by atoms with Gasteiger partial charge in [-0.3, -0.25) is 0 Å². The van der Waals surface area contributed by atoms with E-state index in [0.29, 0.717) is 6.61 Å². The molecule has 0 saturated carbocycles. The van der Waals surface area contributed by atoms with Crippen LogP contribution in [-0.2, 0) is 4.74 Å². The van der Waals surface area contributed by atoms with Gasteiger partial charge in [0.25, 0.3) is 0 Å². The van der Waals surface area contributed by atoms with Gasteiger partial charge in [0.15, 0.2) is 0 Å². The summed E-state index contributed by atoms with van der Waals surface area (Å²) in [7, 11) is 1.67. The maximum Gasteiger partial charge on any atom is 0.124 e. The van der Waals surface area contributed by atoms with E-state index in [-0.39, 0.29) is 12.1 Å². The second-order valence-corrected chi connectivity index (χ2v) is 3.69. The quantitative estimate of drug-likeness (QED) is 0.806. The van der Waals surface area contributed by atoms with Crippen molar-refractivity contribution < 1.29 is 9.47 Å². The molecule has 2 unspecified atom stereocenters. The number of hydrogen-bond acceptors (Lipinski definition) is 3. The highest BCUT2D eigenvalue weighted by Gasteiger charge is 2.21. The molecule has 16 heavy (non-hydrogen) atoms. The molecule has 0 saturated heterocycles. The Hall–Kier alpha value is -1.06. The molecule has 0 heterocycles. The number of hydrogen-bond donors (Lipinski definition) is 1. The number of ether oxygens (including phenoxy) is 2. The molecule has 2 atom stereocenters. The van der Waals surface area contributed by atoms with Gasteiger partial charge in [0.05, 0.1) is 7.11 Å². The minimum Gasteiger partial charge on any atom is -0.496 e. The van der Waals surface area contributed by atoms with Crippen molar-refractivity contribution in [2.24, 2.45) is 5.73 Å². The zero-order chi connectivity index (χ0) is 12.0. The third kappa shape index (κ3) is 2.97. The molecule has 0 radical (unpaired) electrons. The Morgan fingerprint density at radius 1 is 1.25 bits per heavy atom. The first-order valence-corrected chi connectivity index (χ1v) is 5.74. The van der Waals surface area contributed by atoms with E-state index in [1.54, 1.807) is 7.11 Å². The van der Waals surface area contributed by atoms with Crippen LogP contribution in [0.5, 0.6) is 5.75 Å². The van der Waals surface area contributed by atoms with E-state index in [1.165, 1.54) is 0 Å². The van der Waals surface area contributed by atoms with Crippen LogP contribution in [0.2, 0.25) is 0 Å². The Labute approximate surface area is 97.6 Å². The molecule has 1 aromatic carbocycles. The van der Waals surface area contributed by atoms with Crippen LogP contribution in [0.3, 0.4) is 0 Å². The van der Waals surface area contributed by atoms with Crippen molar-refractivity contribution in [2.75, 3.05) is 13.7 Å². The average molecular weight is 223 g/mol. The molecule has 0 bridgehead atoms. The SMILES string of the molecule is CCOC(c1ccccc1OC)C(N)CC. The molecule has 0 spiro atoms. The van der Waals surface area contributed by atoms with Crippen molar-refractivity contribution in [3.8, 4) is 5.75 Å². The highest BCUT2D eigenvalue weighted by molar-refractivity contribution is 5.35. The summed E-state index contributed by atoms with van der Waals surface area (Å²) in [6.45, 7) is 4.69. The topological polar surface area (TPSA) is 44.5 Å². The number of rotatable bonds is 6. The molecule has 0 aliphatic rings. The fourth-order valence-electron chi connectivity index (χ4n) is 1.74. The second-order valence-electron chi connectivity index (χ2n) is 3.69. The third-order valence-electron chi connectivity index (χ3n) is 2.65. The molecular weight excluding hydrogens is 202 g/mol. The fourth-order valence-corrected chi connectivity index (χ4v) is 1.74. The molecule has 2 N–H and O–H groups in total. The molecule has 0 aliphatic heterocycles. The Kier molecular flexibility index (Phi) is 5.29. The van der Waals surface area contributed by atoms with Crippen molar-refractivity contribution in [1.82, 2.24) is 0 Å². The number of nitrogens with two attached hydrogens (primary N) is 1. The van der Waals surface area contributed by atoms with Crippen LogP contribution in [0, 0.1) is 0 Å². The predicted octanol–water partition coefficient (Wildman–Crippen LogP) is 2.51. The molecular formula is C13H21NO2. The zero-order valence-corrected chi connectivity index (χ0v) is 10.3. The molecule has 1 rings (SSSR count). The Morgan fingerprint density at radius 2 is 1.94 bits per heavy atom. The van der Waals surface area contributed by atoms with Gasteiger partial charge in [0.1, 0.15) is 11.9 Å². The highest BCUT2D eigenvalue weighted by atomic mass is 16.5. The summed E-state index contributed by atoms with van der Waals surface area (Å²) < 4.78 is 11.0. The highest BCUT2D eigenvalue weighted by Crippen LogP contribution is 2.30. The van der Waals surface area contributed by atoms with Gasteiger partial charge in [-0.05, 0) is 19.4 Å². The Morgan fingerprint density at radius 3 is 2.50 bits per heavy atom. The van der Waals surface area contributed by atoms with E-state index in [9.17, 15) is 0 Å². The molecule has 3 nitrogen and oxygen atoms in total. The number of benzene rings is 1. The minimum atomic E-state index is -0.0915. The molecule has 0 amide bonds. The van der Waals surface area contributed by atoms with Gasteiger partial charge in [0, 0.05) is 18.2 Å². The summed E-state index contributed by atoms with van der Waals surface area (Å²) >= 11 is 0. The van der Waals surface area contributed by atoms with E-state index in [4.69, 9.17) is 15.2 Å². The van der Waals surface area contributed by atoms with Gasteiger partial charge in [-0.2, -0.15) is 0 Å². The lowest BCUT2D eigenvalue weighted by atomic mass is 10.00. The van der Waals surface area contributed by atoms with Crippen molar-refractivity contribution in [2.45, 2.75) is 32.4 Å². The van der Waals surface area contributed by atoms with Gasteiger partial charge in [-0.25, -0.2) is 0 Å². The van der Waals surface area contributed by atoms with Crippen molar-refractivity contribution in [3.05, 3.63) is 29.8 Å². The molecule has 90 valence electrons. The van der Waals surface area contributed by atoms with Gasteiger partial charge >= 0.3 is 0 Å².